The van der Waals surface area contributed by atoms with Gasteiger partial charge in [-0.2, -0.15) is 5.10 Å². The van der Waals surface area contributed by atoms with E-state index in [9.17, 15) is 9.59 Å². The zero-order valence-electron chi connectivity index (χ0n) is 15.2. The van der Waals surface area contributed by atoms with Gasteiger partial charge in [-0.05, 0) is 54.1 Å². The average Bonchev–Trinajstić information content (AvgIpc) is 2.75. The van der Waals surface area contributed by atoms with E-state index in [0.717, 1.165) is 5.56 Å². The number of carbonyl (C=O) groups is 2. The largest absolute Gasteiger partial charge is 0.496 e. The van der Waals surface area contributed by atoms with Crippen molar-refractivity contribution >= 4 is 18.1 Å². The molecule has 140 valence electrons. The van der Waals surface area contributed by atoms with Gasteiger partial charge in [0.1, 0.15) is 17.1 Å². The Balaban J connectivity index is 1.59. The lowest BCUT2D eigenvalue weighted by Crippen LogP contribution is -2.17. The lowest BCUT2D eigenvalue weighted by atomic mass is 10.2. The number of nitrogens with one attached hydrogen (secondary N) is 1. The molecule has 0 unspecified atom stereocenters. The van der Waals surface area contributed by atoms with Gasteiger partial charge in [0, 0.05) is 5.56 Å². The number of hydrogen-bond acceptors (Lipinski definition) is 5. The highest BCUT2D eigenvalue weighted by molar-refractivity contribution is 5.95. The molecular weight excluding hydrogens is 356 g/mol. The van der Waals surface area contributed by atoms with Crippen LogP contribution >= 0.6 is 0 Å². The molecule has 0 atom stereocenters. The Morgan fingerprint density at radius 1 is 0.893 bits per heavy atom. The minimum absolute atomic E-state index is 0.292. The van der Waals surface area contributed by atoms with Crippen LogP contribution in [-0.2, 0) is 0 Å². The van der Waals surface area contributed by atoms with Gasteiger partial charge in [0.05, 0.1) is 13.3 Å². The van der Waals surface area contributed by atoms with Crippen LogP contribution in [0.2, 0.25) is 0 Å². The summed E-state index contributed by atoms with van der Waals surface area (Å²) in [6, 6.07) is 22.4. The van der Waals surface area contributed by atoms with Crippen molar-refractivity contribution in [1.29, 1.82) is 0 Å². The second kappa shape index (κ2) is 9.14. The zero-order chi connectivity index (χ0) is 19.8. The fourth-order valence-electron chi connectivity index (χ4n) is 2.42. The van der Waals surface area contributed by atoms with E-state index in [4.69, 9.17) is 9.47 Å². The van der Waals surface area contributed by atoms with Crippen LogP contribution in [0.4, 0.5) is 0 Å². The van der Waals surface area contributed by atoms with E-state index in [1.807, 2.05) is 6.07 Å². The van der Waals surface area contributed by atoms with Gasteiger partial charge in [0.15, 0.2) is 0 Å². The normalized spacial score (nSPS) is 10.5. The third-order valence-corrected chi connectivity index (χ3v) is 3.83. The molecule has 0 fully saturated rings. The average molecular weight is 374 g/mol. The highest BCUT2D eigenvalue weighted by Crippen LogP contribution is 2.20. The van der Waals surface area contributed by atoms with E-state index in [-0.39, 0.29) is 5.91 Å². The first-order valence-electron chi connectivity index (χ1n) is 8.51. The number of amides is 1. The molecule has 0 aliphatic carbocycles. The molecule has 0 spiro atoms. The molecule has 3 aromatic carbocycles. The van der Waals surface area contributed by atoms with Gasteiger partial charge in [-0.15, -0.1) is 0 Å². The Bertz CT molecular complexity index is 983. The summed E-state index contributed by atoms with van der Waals surface area (Å²) >= 11 is 0. The Morgan fingerprint density at radius 3 is 2.29 bits per heavy atom. The fraction of sp³-hybridized carbons (Fsp3) is 0.0455. The summed E-state index contributed by atoms with van der Waals surface area (Å²) in [5.41, 5.74) is 4.07. The van der Waals surface area contributed by atoms with Crippen LogP contribution in [0.3, 0.4) is 0 Å². The molecule has 1 N–H and O–H groups in total. The van der Waals surface area contributed by atoms with Crippen LogP contribution < -0.4 is 14.9 Å². The van der Waals surface area contributed by atoms with Crippen LogP contribution in [-0.4, -0.2) is 25.2 Å². The number of ether oxygens (including phenoxy) is 2. The summed E-state index contributed by atoms with van der Waals surface area (Å²) in [6.45, 7) is 0. The predicted molar refractivity (Wildman–Crippen MR) is 106 cm³/mol. The van der Waals surface area contributed by atoms with E-state index in [2.05, 4.69) is 10.5 Å². The first kappa shape index (κ1) is 18.8. The molecule has 0 bridgehead atoms. The third kappa shape index (κ3) is 4.82. The van der Waals surface area contributed by atoms with Crippen molar-refractivity contribution in [1.82, 2.24) is 5.43 Å². The first-order valence-corrected chi connectivity index (χ1v) is 8.51. The smallest absolute Gasteiger partial charge is 0.347 e. The van der Waals surface area contributed by atoms with Crippen molar-refractivity contribution in [3.05, 3.63) is 95.6 Å². The molecule has 3 aromatic rings. The van der Waals surface area contributed by atoms with E-state index in [1.54, 1.807) is 72.8 Å². The third-order valence-electron chi connectivity index (χ3n) is 3.83. The summed E-state index contributed by atoms with van der Waals surface area (Å²) in [7, 11) is 1.50. The van der Waals surface area contributed by atoms with Gasteiger partial charge >= 0.3 is 5.97 Å². The monoisotopic (exact) mass is 374 g/mol. The molecule has 3 rings (SSSR count). The van der Waals surface area contributed by atoms with Crippen molar-refractivity contribution in [2.75, 3.05) is 7.11 Å². The minimum atomic E-state index is -0.506. The number of esters is 1. The maximum Gasteiger partial charge on any atom is 0.347 e. The zero-order valence-corrected chi connectivity index (χ0v) is 15.2. The molecular formula is C22H18N2O4. The van der Waals surface area contributed by atoms with Crippen molar-refractivity contribution in [2.24, 2.45) is 5.10 Å². The fourth-order valence-corrected chi connectivity index (χ4v) is 2.42. The molecule has 0 saturated carbocycles. The molecule has 0 aliphatic heterocycles. The maximum absolute atomic E-state index is 12.3. The summed E-state index contributed by atoms with van der Waals surface area (Å²) in [5, 5.41) is 3.93. The minimum Gasteiger partial charge on any atom is -0.496 e. The molecule has 6 heteroatoms. The van der Waals surface area contributed by atoms with Gasteiger partial charge in [-0.1, -0.05) is 30.3 Å². The summed E-state index contributed by atoms with van der Waals surface area (Å²) in [4.78, 5) is 24.2. The number of hydrogen-bond donors (Lipinski definition) is 1. The number of nitrogens with zero attached hydrogens (tertiary/aromatic N) is 1. The Labute approximate surface area is 162 Å². The summed E-state index contributed by atoms with van der Waals surface area (Å²) in [6.07, 6.45) is 1.51. The summed E-state index contributed by atoms with van der Waals surface area (Å²) in [5.74, 6) is 0.0417. The lowest BCUT2D eigenvalue weighted by molar-refractivity contribution is 0.0731. The second-order valence-electron chi connectivity index (χ2n) is 5.72. The van der Waals surface area contributed by atoms with Crippen LogP contribution in [0.1, 0.15) is 26.3 Å². The van der Waals surface area contributed by atoms with Crippen LogP contribution in [0, 0.1) is 0 Å². The summed E-state index contributed by atoms with van der Waals surface area (Å²) < 4.78 is 10.5. The van der Waals surface area contributed by atoms with Crippen molar-refractivity contribution in [3.63, 3.8) is 0 Å². The van der Waals surface area contributed by atoms with Gasteiger partial charge < -0.3 is 9.47 Å². The van der Waals surface area contributed by atoms with Gasteiger partial charge in [0.25, 0.3) is 5.91 Å². The highest BCUT2D eigenvalue weighted by atomic mass is 16.5. The molecule has 0 radical (unpaired) electrons. The van der Waals surface area contributed by atoms with Crippen LogP contribution in [0.15, 0.2) is 84.0 Å². The molecule has 1 amide bonds. The van der Waals surface area contributed by atoms with Crippen LogP contribution in [0.5, 0.6) is 11.5 Å². The standard InChI is InChI=1S/C22H18N2O4/c1-27-20-10-6-5-9-19(20)22(26)28-18-13-11-16(12-14-18)15-23-24-21(25)17-7-3-2-4-8-17/h2-15H,1H3,(H,24,25)/b23-15+. The highest BCUT2D eigenvalue weighted by Gasteiger charge is 2.13. The topological polar surface area (TPSA) is 77.0 Å². The maximum atomic E-state index is 12.3. The molecule has 0 aromatic heterocycles. The molecule has 0 saturated heterocycles. The quantitative estimate of drug-likeness (QED) is 0.309. The van der Waals surface area contributed by atoms with Crippen molar-refractivity contribution < 1.29 is 19.1 Å². The number of hydrazone groups is 1. The van der Waals surface area contributed by atoms with Gasteiger partial charge in [-0.3, -0.25) is 4.79 Å². The van der Waals surface area contributed by atoms with Crippen molar-refractivity contribution in [3.8, 4) is 11.5 Å². The molecule has 28 heavy (non-hydrogen) atoms. The van der Waals surface area contributed by atoms with E-state index >= 15 is 0 Å². The number of methoxy groups -OCH3 is 1. The predicted octanol–water partition coefficient (Wildman–Crippen LogP) is 3.68. The number of carbonyl (C=O) groups excluding carboxylic acids is 2. The molecule has 0 aliphatic rings. The van der Waals surface area contributed by atoms with E-state index in [0.29, 0.717) is 22.6 Å². The molecule has 6 nitrogen and oxygen atoms in total. The Morgan fingerprint density at radius 2 is 1.57 bits per heavy atom. The van der Waals surface area contributed by atoms with Gasteiger partial charge in [-0.25, -0.2) is 10.2 Å². The van der Waals surface area contributed by atoms with Gasteiger partial charge in [0.2, 0.25) is 0 Å². The Hall–Kier alpha value is -3.93. The Kier molecular flexibility index (Phi) is 6.15. The van der Waals surface area contributed by atoms with E-state index < -0.39 is 5.97 Å². The SMILES string of the molecule is COc1ccccc1C(=O)Oc1ccc(/C=N/NC(=O)c2ccccc2)cc1. The lowest BCUT2D eigenvalue weighted by Gasteiger charge is -2.08. The van der Waals surface area contributed by atoms with Crippen LogP contribution in [0.25, 0.3) is 0 Å². The number of para-hydroxylation sites is 1. The van der Waals surface area contributed by atoms with E-state index in [1.165, 1.54) is 13.3 Å². The molecule has 0 heterocycles. The second-order valence-corrected chi connectivity index (χ2v) is 5.72. The first-order chi connectivity index (χ1) is 13.7. The van der Waals surface area contributed by atoms with Crippen molar-refractivity contribution in [2.45, 2.75) is 0 Å². The number of benzene rings is 3. The number of rotatable bonds is 6.